The number of ether oxygens (including phenoxy) is 2. The highest BCUT2D eigenvalue weighted by molar-refractivity contribution is 5.17. The minimum absolute atomic E-state index is 0.382. The van der Waals surface area contributed by atoms with Gasteiger partial charge in [-0.15, -0.1) is 0 Å². The molecule has 0 aliphatic carbocycles. The maximum absolute atomic E-state index is 10.6. The van der Waals surface area contributed by atoms with Crippen molar-refractivity contribution in [3.8, 4) is 0 Å². The highest BCUT2D eigenvalue weighted by Gasteiger charge is 2.18. The summed E-state index contributed by atoms with van der Waals surface area (Å²) in [6.45, 7) is 7.75. The Hall–Kier alpha value is -1.70. The van der Waals surface area contributed by atoms with Crippen LogP contribution in [-0.4, -0.2) is 85.2 Å². The van der Waals surface area contributed by atoms with Gasteiger partial charge in [-0.25, -0.2) is 0 Å². The molecular formula is C22H33N3O3. The molecular weight excluding hydrogens is 354 g/mol. The summed E-state index contributed by atoms with van der Waals surface area (Å²) in [6.07, 6.45) is 1.74. The molecule has 0 amide bonds. The first kappa shape index (κ1) is 21.0. The monoisotopic (exact) mass is 387 g/mol. The molecule has 1 aliphatic heterocycles. The van der Waals surface area contributed by atoms with Crippen LogP contribution in [0.2, 0.25) is 0 Å². The number of aliphatic hydroxyl groups excluding tert-OH is 1. The third kappa shape index (κ3) is 6.72. The molecule has 1 saturated heterocycles. The van der Waals surface area contributed by atoms with Crippen LogP contribution in [0.1, 0.15) is 11.3 Å². The molecule has 0 bridgehead atoms. The largest absolute Gasteiger partial charge is 0.390 e. The number of nitrogens with zero attached hydrogens (tertiary/aromatic N) is 3. The minimum Gasteiger partial charge on any atom is -0.390 e. The standard InChI is InChI=1S/C22H33N3O3/c1-27-13-10-24(19-22(26)18-23-11-14-28-15-12-23)17-21-8-5-9-25(21)16-20-6-3-2-4-7-20/h2-9,22,26H,10-19H2,1H3. The van der Waals surface area contributed by atoms with E-state index in [4.69, 9.17) is 9.47 Å². The molecule has 0 saturated carbocycles. The Labute approximate surface area is 168 Å². The van der Waals surface area contributed by atoms with Crippen molar-refractivity contribution in [3.63, 3.8) is 0 Å². The van der Waals surface area contributed by atoms with E-state index in [0.717, 1.165) is 45.9 Å². The van der Waals surface area contributed by atoms with Crippen LogP contribution < -0.4 is 0 Å². The smallest absolute Gasteiger partial charge is 0.0793 e. The molecule has 2 heterocycles. The van der Waals surface area contributed by atoms with Gasteiger partial charge in [0.15, 0.2) is 0 Å². The predicted octanol–water partition coefficient (Wildman–Crippen LogP) is 1.68. The fourth-order valence-electron chi connectivity index (χ4n) is 3.65. The van der Waals surface area contributed by atoms with E-state index in [-0.39, 0.29) is 6.10 Å². The summed E-state index contributed by atoms with van der Waals surface area (Å²) in [4.78, 5) is 4.56. The van der Waals surface area contributed by atoms with Crippen LogP contribution in [0.4, 0.5) is 0 Å². The zero-order valence-corrected chi connectivity index (χ0v) is 16.9. The summed E-state index contributed by atoms with van der Waals surface area (Å²) in [5, 5.41) is 10.6. The molecule has 6 heteroatoms. The van der Waals surface area contributed by atoms with Gasteiger partial charge in [-0.2, -0.15) is 0 Å². The van der Waals surface area contributed by atoms with E-state index < -0.39 is 0 Å². The van der Waals surface area contributed by atoms with Crippen molar-refractivity contribution in [2.75, 3.05) is 59.7 Å². The molecule has 6 nitrogen and oxygen atoms in total. The molecule has 3 rings (SSSR count). The topological polar surface area (TPSA) is 50.1 Å². The van der Waals surface area contributed by atoms with E-state index in [1.54, 1.807) is 7.11 Å². The normalized spacial score (nSPS) is 16.5. The second-order valence-corrected chi connectivity index (χ2v) is 7.41. The van der Waals surface area contributed by atoms with Gasteiger partial charge in [-0.1, -0.05) is 30.3 Å². The van der Waals surface area contributed by atoms with Crippen molar-refractivity contribution in [3.05, 3.63) is 59.9 Å². The Morgan fingerprint density at radius 2 is 1.93 bits per heavy atom. The SMILES string of the molecule is COCCN(Cc1cccn1Cc1ccccc1)CC(O)CN1CCOCC1. The summed E-state index contributed by atoms with van der Waals surface area (Å²) in [7, 11) is 1.72. The quantitative estimate of drug-likeness (QED) is 0.636. The van der Waals surface area contributed by atoms with Crippen molar-refractivity contribution in [2.45, 2.75) is 19.2 Å². The number of methoxy groups -OCH3 is 1. The van der Waals surface area contributed by atoms with Gasteiger partial charge in [0, 0.05) is 64.8 Å². The number of aromatic nitrogens is 1. The molecule has 0 spiro atoms. The Morgan fingerprint density at radius 3 is 2.68 bits per heavy atom. The molecule has 1 aliphatic rings. The molecule has 1 unspecified atom stereocenters. The van der Waals surface area contributed by atoms with Crippen molar-refractivity contribution < 1.29 is 14.6 Å². The fraction of sp³-hybridized carbons (Fsp3) is 0.545. The zero-order valence-electron chi connectivity index (χ0n) is 16.9. The Bertz CT molecular complexity index is 671. The second kappa shape index (κ2) is 11.3. The molecule has 2 aromatic rings. The van der Waals surface area contributed by atoms with Gasteiger partial charge < -0.3 is 19.1 Å². The summed E-state index contributed by atoms with van der Waals surface area (Å²) in [6, 6.07) is 14.8. The average Bonchev–Trinajstić information content (AvgIpc) is 3.14. The van der Waals surface area contributed by atoms with E-state index in [2.05, 4.69) is 57.0 Å². The minimum atomic E-state index is -0.382. The van der Waals surface area contributed by atoms with Crippen LogP contribution in [0.25, 0.3) is 0 Å². The second-order valence-electron chi connectivity index (χ2n) is 7.41. The van der Waals surface area contributed by atoms with Crippen LogP contribution in [0, 0.1) is 0 Å². The van der Waals surface area contributed by atoms with Crippen molar-refractivity contribution in [1.29, 1.82) is 0 Å². The molecule has 154 valence electrons. The molecule has 1 fully saturated rings. The van der Waals surface area contributed by atoms with Crippen LogP contribution >= 0.6 is 0 Å². The van der Waals surface area contributed by atoms with E-state index >= 15 is 0 Å². The lowest BCUT2D eigenvalue weighted by Gasteiger charge is -2.31. The maximum atomic E-state index is 10.6. The predicted molar refractivity (Wildman–Crippen MR) is 110 cm³/mol. The Morgan fingerprint density at radius 1 is 1.14 bits per heavy atom. The van der Waals surface area contributed by atoms with Gasteiger partial charge in [0.25, 0.3) is 0 Å². The van der Waals surface area contributed by atoms with Gasteiger partial charge in [0.05, 0.1) is 25.9 Å². The first-order valence-electron chi connectivity index (χ1n) is 10.1. The van der Waals surface area contributed by atoms with Gasteiger partial charge in [0.1, 0.15) is 0 Å². The number of morpholine rings is 1. The number of β-amino-alcohol motifs (C(OH)–C–C–N with tert-alkyl or cyclic N) is 1. The molecule has 1 aromatic carbocycles. The molecule has 1 N–H and O–H groups in total. The average molecular weight is 388 g/mol. The van der Waals surface area contributed by atoms with E-state index in [0.29, 0.717) is 19.7 Å². The number of benzene rings is 1. The molecule has 28 heavy (non-hydrogen) atoms. The first-order chi connectivity index (χ1) is 13.7. The summed E-state index contributed by atoms with van der Waals surface area (Å²) in [5.41, 5.74) is 2.54. The Balaban J connectivity index is 1.58. The molecule has 0 radical (unpaired) electrons. The lowest BCUT2D eigenvalue weighted by molar-refractivity contribution is 0.00419. The summed E-state index contributed by atoms with van der Waals surface area (Å²) in [5.74, 6) is 0. The van der Waals surface area contributed by atoms with Crippen LogP contribution in [-0.2, 0) is 22.6 Å². The first-order valence-corrected chi connectivity index (χ1v) is 10.1. The fourth-order valence-corrected chi connectivity index (χ4v) is 3.65. The summed E-state index contributed by atoms with van der Waals surface area (Å²) >= 11 is 0. The lowest BCUT2D eigenvalue weighted by atomic mass is 10.2. The van der Waals surface area contributed by atoms with Gasteiger partial charge in [-0.05, 0) is 17.7 Å². The van der Waals surface area contributed by atoms with Crippen molar-refractivity contribution >= 4 is 0 Å². The van der Waals surface area contributed by atoms with Crippen molar-refractivity contribution in [1.82, 2.24) is 14.4 Å². The maximum Gasteiger partial charge on any atom is 0.0793 e. The van der Waals surface area contributed by atoms with Gasteiger partial charge >= 0.3 is 0 Å². The van der Waals surface area contributed by atoms with Crippen molar-refractivity contribution in [2.24, 2.45) is 0 Å². The highest BCUT2D eigenvalue weighted by Crippen LogP contribution is 2.11. The van der Waals surface area contributed by atoms with E-state index in [1.165, 1.54) is 11.3 Å². The van der Waals surface area contributed by atoms with Crippen LogP contribution in [0.5, 0.6) is 0 Å². The number of hydrogen-bond acceptors (Lipinski definition) is 5. The zero-order chi connectivity index (χ0) is 19.6. The third-order valence-electron chi connectivity index (χ3n) is 5.16. The Kier molecular flexibility index (Phi) is 8.51. The van der Waals surface area contributed by atoms with E-state index in [9.17, 15) is 5.11 Å². The summed E-state index contributed by atoms with van der Waals surface area (Å²) < 4.78 is 13.0. The van der Waals surface area contributed by atoms with Crippen LogP contribution in [0.3, 0.4) is 0 Å². The van der Waals surface area contributed by atoms with Gasteiger partial charge in [0.2, 0.25) is 0 Å². The molecule has 1 atom stereocenters. The third-order valence-corrected chi connectivity index (χ3v) is 5.16. The number of hydrogen-bond donors (Lipinski definition) is 1. The number of rotatable bonds is 11. The molecule has 1 aromatic heterocycles. The highest BCUT2D eigenvalue weighted by atomic mass is 16.5. The number of aliphatic hydroxyl groups is 1. The van der Waals surface area contributed by atoms with Crippen LogP contribution in [0.15, 0.2) is 48.7 Å². The van der Waals surface area contributed by atoms with Gasteiger partial charge in [-0.3, -0.25) is 9.80 Å². The lowest BCUT2D eigenvalue weighted by Crippen LogP contribution is -2.45. The van der Waals surface area contributed by atoms with E-state index in [1.807, 2.05) is 6.07 Å².